The largest absolute Gasteiger partial charge is 0.377 e. The molecule has 6 heteroatoms. The molecule has 0 aromatic heterocycles. The van der Waals surface area contributed by atoms with Crippen molar-refractivity contribution < 1.29 is 13.2 Å². The summed E-state index contributed by atoms with van der Waals surface area (Å²) in [7, 11) is -2.80. The Kier molecular flexibility index (Phi) is 7.75. The van der Waals surface area contributed by atoms with Gasteiger partial charge >= 0.3 is 0 Å². The van der Waals surface area contributed by atoms with Crippen molar-refractivity contribution in [2.75, 3.05) is 43.1 Å². The zero-order chi connectivity index (χ0) is 13.4. The number of halogens is 1. The van der Waals surface area contributed by atoms with E-state index in [0.29, 0.717) is 11.9 Å². The van der Waals surface area contributed by atoms with Crippen molar-refractivity contribution in [3.05, 3.63) is 0 Å². The zero-order valence-electron chi connectivity index (χ0n) is 11.1. The van der Waals surface area contributed by atoms with Crippen LogP contribution in [0.25, 0.3) is 0 Å². The van der Waals surface area contributed by atoms with Crippen molar-refractivity contribution in [3.63, 3.8) is 0 Å². The summed E-state index contributed by atoms with van der Waals surface area (Å²) >= 11 is 3.36. The molecule has 0 aliphatic carbocycles. The fourth-order valence-electron chi connectivity index (χ4n) is 2.16. The van der Waals surface area contributed by atoms with Crippen LogP contribution in [0.15, 0.2) is 0 Å². The second-order valence-electron chi connectivity index (χ2n) is 4.69. The van der Waals surface area contributed by atoms with Gasteiger partial charge < -0.3 is 9.64 Å². The Morgan fingerprint density at radius 2 is 2.00 bits per heavy atom. The summed E-state index contributed by atoms with van der Waals surface area (Å²) in [4.78, 5) is 2.35. The van der Waals surface area contributed by atoms with Gasteiger partial charge in [0.2, 0.25) is 0 Å². The third-order valence-electron chi connectivity index (χ3n) is 3.33. The Balaban J connectivity index is 2.12. The van der Waals surface area contributed by atoms with E-state index in [4.69, 9.17) is 4.74 Å². The molecule has 0 amide bonds. The van der Waals surface area contributed by atoms with E-state index in [0.717, 1.165) is 50.8 Å². The van der Waals surface area contributed by atoms with Crippen molar-refractivity contribution >= 4 is 25.8 Å². The maximum absolute atomic E-state index is 11.4. The van der Waals surface area contributed by atoms with Crippen molar-refractivity contribution in [1.29, 1.82) is 0 Å². The van der Waals surface area contributed by atoms with Crippen LogP contribution in [0.5, 0.6) is 0 Å². The number of rotatable bonds is 8. The molecule has 0 radical (unpaired) electrons. The summed E-state index contributed by atoms with van der Waals surface area (Å²) in [5.74, 6) is 0.582. The normalized spacial score (nSPS) is 19.2. The van der Waals surface area contributed by atoms with Crippen molar-refractivity contribution in [3.8, 4) is 0 Å². The quantitative estimate of drug-likeness (QED) is 0.630. The number of hydrogen-bond acceptors (Lipinski definition) is 4. The van der Waals surface area contributed by atoms with E-state index < -0.39 is 9.84 Å². The third kappa shape index (κ3) is 6.50. The van der Waals surface area contributed by atoms with Gasteiger partial charge in [0, 0.05) is 24.2 Å². The van der Waals surface area contributed by atoms with Gasteiger partial charge in [0.25, 0.3) is 0 Å². The zero-order valence-corrected chi connectivity index (χ0v) is 13.5. The molecule has 108 valence electrons. The van der Waals surface area contributed by atoms with E-state index in [9.17, 15) is 8.42 Å². The Hall–Kier alpha value is 0.350. The lowest BCUT2D eigenvalue weighted by atomic mass is 10.1. The van der Waals surface area contributed by atoms with E-state index in [1.54, 1.807) is 6.92 Å². The predicted molar refractivity (Wildman–Crippen MR) is 78.2 cm³/mol. The number of piperidine rings is 1. The topological polar surface area (TPSA) is 46.6 Å². The van der Waals surface area contributed by atoms with Crippen LogP contribution in [0.2, 0.25) is 0 Å². The molecule has 1 saturated heterocycles. The smallest absolute Gasteiger partial charge is 0.150 e. The number of likely N-dealkylation sites (tertiary alicyclic amines) is 1. The molecule has 1 heterocycles. The highest BCUT2D eigenvalue weighted by atomic mass is 79.9. The molecule has 4 nitrogen and oxygen atoms in total. The lowest BCUT2D eigenvalue weighted by Gasteiger charge is -2.31. The van der Waals surface area contributed by atoms with Crippen LogP contribution < -0.4 is 0 Å². The minimum Gasteiger partial charge on any atom is -0.377 e. The van der Waals surface area contributed by atoms with Gasteiger partial charge in [-0.05, 0) is 25.8 Å². The summed E-state index contributed by atoms with van der Waals surface area (Å²) in [6, 6.07) is 0. The second-order valence-corrected chi connectivity index (χ2v) is 7.96. The summed E-state index contributed by atoms with van der Waals surface area (Å²) in [5.41, 5.74) is 0. The number of alkyl halides is 1. The number of hydrogen-bond donors (Lipinski definition) is 0. The highest BCUT2D eigenvalue weighted by molar-refractivity contribution is 9.09. The summed E-state index contributed by atoms with van der Waals surface area (Å²) in [6.07, 6.45) is 3.27. The maximum Gasteiger partial charge on any atom is 0.150 e. The molecule has 0 saturated carbocycles. The average Bonchev–Trinajstić information content (AvgIpc) is 2.38. The summed E-state index contributed by atoms with van der Waals surface area (Å²) in [6.45, 7) is 5.43. The number of ether oxygens (including phenoxy) is 1. The third-order valence-corrected chi connectivity index (χ3v) is 5.45. The van der Waals surface area contributed by atoms with Crippen LogP contribution in [0.3, 0.4) is 0 Å². The van der Waals surface area contributed by atoms with Gasteiger partial charge in [0.1, 0.15) is 9.84 Å². The highest BCUT2D eigenvalue weighted by Gasteiger charge is 2.19. The molecule has 1 fully saturated rings. The fraction of sp³-hybridized carbons (Fsp3) is 1.00. The molecule has 0 N–H and O–H groups in total. The molecule has 0 aromatic rings. The van der Waals surface area contributed by atoms with Crippen LogP contribution in [0.4, 0.5) is 0 Å². The predicted octanol–water partition coefficient (Wildman–Crippen LogP) is 1.69. The Morgan fingerprint density at radius 3 is 2.56 bits per heavy atom. The molecule has 18 heavy (non-hydrogen) atoms. The van der Waals surface area contributed by atoms with Crippen molar-refractivity contribution in [2.24, 2.45) is 0 Å². The SMILES string of the molecule is CCS(=O)(=O)CCCN1CCC(OCCBr)CC1. The summed E-state index contributed by atoms with van der Waals surface area (Å²) < 4.78 is 28.4. The molecule has 0 unspecified atom stereocenters. The molecule has 0 aromatic carbocycles. The standard InChI is InChI=1S/C12H24BrNO3S/c1-2-18(15,16)11-3-7-14-8-4-12(5-9-14)17-10-6-13/h12H,2-11H2,1H3. The van der Waals surface area contributed by atoms with Gasteiger partial charge in [-0.2, -0.15) is 0 Å². The minimum atomic E-state index is -2.80. The first kappa shape index (κ1) is 16.4. The van der Waals surface area contributed by atoms with E-state index in [1.165, 1.54) is 0 Å². The van der Waals surface area contributed by atoms with Crippen LogP contribution in [-0.2, 0) is 14.6 Å². The second kappa shape index (κ2) is 8.51. The van der Waals surface area contributed by atoms with Gasteiger partial charge in [-0.1, -0.05) is 22.9 Å². The fourth-order valence-corrected chi connectivity index (χ4v) is 3.21. The molecule has 1 aliphatic heterocycles. The van der Waals surface area contributed by atoms with Gasteiger partial charge in [-0.15, -0.1) is 0 Å². The lowest BCUT2D eigenvalue weighted by molar-refractivity contribution is 0.0160. The Morgan fingerprint density at radius 1 is 1.33 bits per heavy atom. The van der Waals surface area contributed by atoms with Crippen LogP contribution in [0.1, 0.15) is 26.2 Å². The molecule has 0 bridgehead atoms. The highest BCUT2D eigenvalue weighted by Crippen LogP contribution is 2.14. The number of nitrogens with zero attached hydrogens (tertiary/aromatic N) is 1. The van der Waals surface area contributed by atoms with Crippen LogP contribution in [-0.4, -0.2) is 62.5 Å². The van der Waals surface area contributed by atoms with E-state index in [1.807, 2.05) is 0 Å². The first-order chi connectivity index (χ1) is 8.57. The first-order valence-corrected chi connectivity index (χ1v) is 9.62. The molecule has 0 spiro atoms. The van der Waals surface area contributed by atoms with Crippen LogP contribution in [0, 0.1) is 0 Å². The maximum atomic E-state index is 11.4. The molecular weight excluding hydrogens is 318 g/mol. The number of sulfone groups is 1. The molecule has 1 rings (SSSR count). The van der Waals surface area contributed by atoms with E-state index in [2.05, 4.69) is 20.8 Å². The minimum absolute atomic E-state index is 0.259. The van der Waals surface area contributed by atoms with Crippen molar-refractivity contribution in [1.82, 2.24) is 4.90 Å². The average molecular weight is 342 g/mol. The molecule has 1 aliphatic rings. The first-order valence-electron chi connectivity index (χ1n) is 6.67. The van der Waals surface area contributed by atoms with Gasteiger partial charge in [-0.3, -0.25) is 0 Å². The summed E-state index contributed by atoms with van der Waals surface area (Å²) in [5, 5.41) is 0.891. The van der Waals surface area contributed by atoms with Gasteiger partial charge in [0.05, 0.1) is 18.5 Å². The molecular formula is C12H24BrNO3S. The monoisotopic (exact) mass is 341 g/mol. The van der Waals surface area contributed by atoms with Gasteiger partial charge in [-0.25, -0.2) is 8.42 Å². The van der Waals surface area contributed by atoms with E-state index in [-0.39, 0.29) is 5.75 Å². The van der Waals surface area contributed by atoms with Crippen LogP contribution >= 0.6 is 15.9 Å². The molecule has 0 atom stereocenters. The Labute approximate surface area is 119 Å². The van der Waals surface area contributed by atoms with E-state index >= 15 is 0 Å². The Bertz CT molecular complexity index is 313. The van der Waals surface area contributed by atoms with Gasteiger partial charge in [0.15, 0.2) is 0 Å². The lowest BCUT2D eigenvalue weighted by Crippen LogP contribution is -2.38. The van der Waals surface area contributed by atoms with Crippen molar-refractivity contribution in [2.45, 2.75) is 32.3 Å².